The fourth-order valence-electron chi connectivity index (χ4n) is 2.17. The van der Waals surface area contributed by atoms with Gasteiger partial charge in [-0.2, -0.15) is 0 Å². The minimum atomic E-state index is -1.21. The van der Waals surface area contributed by atoms with E-state index < -0.39 is 17.3 Å². The van der Waals surface area contributed by atoms with Crippen LogP contribution in [0.15, 0.2) is 24.3 Å². The van der Waals surface area contributed by atoms with Crippen molar-refractivity contribution < 1.29 is 19.5 Å². The Morgan fingerprint density at radius 2 is 1.82 bits per heavy atom. The molecule has 0 heterocycles. The van der Waals surface area contributed by atoms with Gasteiger partial charge >= 0.3 is 5.97 Å². The topological polar surface area (TPSA) is 95.5 Å². The number of carboxylic acid groups (broad SMARTS) is 1. The van der Waals surface area contributed by atoms with E-state index >= 15 is 0 Å². The molecular formula is C16H20N2O4. The smallest absolute Gasteiger partial charge is 0.319 e. The first-order valence-electron chi connectivity index (χ1n) is 7.38. The zero-order valence-electron chi connectivity index (χ0n) is 12.5. The van der Waals surface area contributed by atoms with Crippen molar-refractivity contribution in [3.8, 4) is 0 Å². The van der Waals surface area contributed by atoms with Gasteiger partial charge in [-0.05, 0) is 37.0 Å². The first kappa shape index (κ1) is 16.0. The van der Waals surface area contributed by atoms with E-state index in [9.17, 15) is 14.4 Å². The van der Waals surface area contributed by atoms with E-state index in [0.29, 0.717) is 24.9 Å². The van der Waals surface area contributed by atoms with Crippen molar-refractivity contribution in [1.29, 1.82) is 0 Å². The second-order valence-corrected chi connectivity index (χ2v) is 5.57. The summed E-state index contributed by atoms with van der Waals surface area (Å²) in [5.74, 6) is -1.51. The molecule has 118 valence electrons. The molecule has 0 saturated heterocycles. The fraction of sp³-hybridized carbons (Fsp3) is 0.438. The van der Waals surface area contributed by atoms with Crippen LogP contribution >= 0.6 is 0 Å². The van der Waals surface area contributed by atoms with Crippen molar-refractivity contribution in [1.82, 2.24) is 5.32 Å². The number of nitrogens with one attached hydrogen (secondary N) is 2. The van der Waals surface area contributed by atoms with E-state index in [0.717, 1.165) is 12.0 Å². The van der Waals surface area contributed by atoms with Crippen LogP contribution in [0.5, 0.6) is 0 Å². The van der Waals surface area contributed by atoms with Gasteiger partial charge in [-0.3, -0.25) is 14.4 Å². The highest BCUT2D eigenvalue weighted by Gasteiger charge is 2.56. The van der Waals surface area contributed by atoms with Crippen LogP contribution in [0.25, 0.3) is 0 Å². The van der Waals surface area contributed by atoms with Crippen molar-refractivity contribution >= 4 is 23.5 Å². The predicted octanol–water partition coefficient (Wildman–Crippen LogP) is 1.91. The van der Waals surface area contributed by atoms with Crippen molar-refractivity contribution in [3.63, 3.8) is 0 Å². The molecule has 0 atom stereocenters. The van der Waals surface area contributed by atoms with Gasteiger partial charge in [0, 0.05) is 18.7 Å². The molecule has 22 heavy (non-hydrogen) atoms. The third kappa shape index (κ3) is 3.63. The molecule has 1 aromatic carbocycles. The van der Waals surface area contributed by atoms with Gasteiger partial charge in [-0.1, -0.05) is 19.1 Å². The summed E-state index contributed by atoms with van der Waals surface area (Å²) >= 11 is 0. The third-order valence-electron chi connectivity index (χ3n) is 3.76. The lowest BCUT2D eigenvalue weighted by atomic mass is 10.1. The quantitative estimate of drug-likeness (QED) is 0.670. The SMILES string of the molecule is CCCC(=O)Nc1ccc(CNC(=O)C2(C(=O)O)CC2)cc1. The summed E-state index contributed by atoms with van der Waals surface area (Å²) in [5.41, 5.74) is 0.342. The maximum atomic E-state index is 11.9. The fourth-order valence-corrected chi connectivity index (χ4v) is 2.17. The molecule has 0 bridgehead atoms. The molecule has 6 heteroatoms. The molecule has 1 aliphatic carbocycles. The first-order chi connectivity index (χ1) is 10.5. The van der Waals surface area contributed by atoms with E-state index in [-0.39, 0.29) is 12.5 Å². The van der Waals surface area contributed by atoms with Gasteiger partial charge in [0.15, 0.2) is 0 Å². The summed E-state index contributed by atoms with van der Waals surface area (Å²) in [5, 5.41) is 14.5. The average molecular weight is 304 g/mol. The number of carbonyl (C=O) groups is 3. The Bertz CT molecular complexity index is 576. The van der Waals surface area contributed by atoms with Gasteiger partial charge < -0.3 is 15.7 Å². The third-order valence-corrected chi connectivity index (χ3v) is 3.76. The van der Waals surface area contributed by atoms with Gasteiger partial charge in [0.1, 0.15) is 5.41 Å². The van der Waals surface area contributed by atoms with Gasteiger partial charge in [-0.15, -0.1) is 0 Å². The Morgan fingerprint density at radius 1 is 1.18 bits per heavy atom. The van der Waals surface area contributed by atoms with Crippen LogP contribution in [-0.4, -0.2) is 22.9 Å². The Balaban J connectivity index is 1.85. The molecule has 2 rings (SSSR count). The number of hydrogen-bond acceptors (Lipinski definition) is 3. The summed E-state index contributed by atoms with van der Waals surface area (Å²) in [7, 11) is 0. The summed E-state index contributed by atoms with van der Waals surface area (Å²) in [6.45, 7) is 2.21. The Morgan fingerprint density at radius 3 is 2.32 bits per heavy atom. The highest BCUT2D eigenvalue weighted by atomic mass is 16.4. The Kier molecular flexibility index (Phi) is 4.80. The van der Waals surface area contributed by atoms with Crippen LogP contribution in [0.1, 0.15) is 38.2 Å². The summed E-state index contributed by atoms with van der Waals surface area (Å²) < 4.78 is 0. The summed E-state index contributed by atoms with van der Waals surface area (Å²) in [6, 6.07) is 7.11. The molecule has 0 spiro atoms. The zero-order chi connectivity index (χ0) is 16.2. The number of carbonyl (C=O) groups excluding carboxylic acids is 2. The van der Waals surface area contributed by atoms with E-state index in [1.807, 2.05) is 6.92 Å². The van der Waals surface area contributed by atoms with E-state index in [4.69, 9.17) is 5.11 Å². The van der Waals surface area contributed by atoms with E-state index in [1.54, 1.807) is 24.3 Å². The summed E-state index contributed by atoms with van der Waals surface area (Å²) in [6.07, 6.45) is 2.07. The van der Waals surface area contributed by atoms with Crippen LogP contribution in [0.2, 0.25) is 0 Å². The molecule has 3 N–H and O–H groups in total. The van der Waals surface area contributed by atoms with E-state index in [1.165, 1.54) is 0 Å². The van der Waals surface area contributed by atoms with Crippen molar-refractivity contribution in [2.24, 2.45) is 5.41 Å². The van der Waals surface area contributed by atoms with Gasteiger partial charge in [0.25, 0.3) is 0 Å². The molecule has 1 aromatic rings. The number of benzene rings is 1. The molecule has 2 amide bonds. The number of rotatable bonds is 7. The lowest BCUT2D eigenvalue weighted by Gasteiger charge is -2.11. The maximum Gasteiger partial charge on any atom is 0.319 e. The molecule has 0 radical (unpaired) electrons. The minimum Gasteiger partial charge on any atom is -0.480 e. The molecule has 0 unspecified atom stereocenters. The number of carboxylic acids is 1. The Labute approximate surface area is 128 Å². The van der Waals surface area contributed by atoms with Gasteiger partial charge in [0.2, 0.25) is 11.8 Å². The highest BCUT2D eigenvalue weighted by molar-refractivity contribution is 6.04. The van der Waals surface area contributed by atoms with Crippen molar-refractivity contribution in [3.05, 3.63) is 29.8 Å². The van der Waals surface area contributed by atoms with Gasteiger partial charge in [0.05, 0.1) is 0 Å². The molecule has 1 fully saturated rings. The van der Waals surface area contributed by atoms with Crippen LogP contribution in [-0.2, 0) is 20.9 Å². The molecule has 0 aromatic heterocycles. The van der Waals surface area contributed by atoms with E-state index in [2.05, 4.69) is 10.6 Å². The number of aliphatic carboxylic acids is 1. The standard InChI is InChI=1S/C16H20N2O4/c1-2-3-13(19)18-12-6-4-11(5-7-12)10-17-14(20)16(8-9-16)15(21)22/h4-7H,2-3,8-10H2,1H3,(H,17,20)(H,18,19)(H,21,22). The van der Waals surface area contributed by atoms with Crippen LogP contribution in [0.4, 0.5) is 5.69 Å². The van der Waals surface area contributed by atoms with Crippen LogP contribution < -0.4 is 10.6 Å². The second kappa shape index (κ2) is 6.60. The van der Waals surface area contributed by atoms with Gasteiger partial charge in [-0.25, -0.2) is 0 Å². The first-order valence-corrected chi connectivity index (χ1v) is 7.38. The predicted molar refractivity (Wildman–Crippen MR) is 81.1 cm³/mol. The largest absolute Gasteiger partial charge is 0.480 e. The minimum absolute atomic E-state index is 0.0271. The van der Waals surface area contributed by atoms with Crippen molar-refractivity contribution in [2.45, 2.75) is 39.2 Å². The lowest BCUT2D eigenvalue weighted by Crippen LogP contribution is -2.36. The van der Waals surface area contributed by atoms with Crippen LogP contribution in [0, 0.1) is 5.41 Å². The lowest BCUT2D eigenvalue weighted by molar-refractivity contribution is -0.149. The zero-order valence-corrected chi connectivity index (χ0v) is 12.5. The molecule has 0 aliphatic heterocycles. The molecule has 1 aliphatic rings. The highest BCUT2D eigenvalue weighted by Crippen LogP contribution is 2.46. The maximum absolute atomic E-state index is 11.9. The second-order valence-electron chi connectivity index (χ2n) is 5.57. The summed E-state index contributed by atoms with van der Waals surface area (Å²) in [4.78, 5) is 34.4. The molecular weight excluding hydrogens is 284 g/mol. The van der Waals surface area contributed by atoms with Crippen LogP contribution in [0.3, 0.4) is 0 Å². The number of anilines is 1. The van der Waals surface area contributed by atoms with Crippen molar-refractivity contribution in [2.75, 3.05) is 5.32 Å². The average Bonchev–Trinajstić information content (AvgIpc) is 3.28. The monoisotopic (exact) mass is 304 g/mol. The number of amides is 2. The normalized spacial score (nSPS) is 15.0. The molecule has 6 nitrogen and oxygen atoms in total. The Hall–Kier alpha value is -2.37. The number of hydrogen-bond donors (Lipinski definition) is 3. The molecule has 1 saturated carbocycles.